The number of likely N-dealkylation sites (tertiary alicyclic amines) is 1. The van der Waals surface area contributed by atoms with E-state index in [2.05, 4.69) is 45.6 Å². The molecule has 3 heterocycles. The van der Waals surface area contributed by atoms with Gasteiger partial charge in [0.2, 0.25) is 5.95 Å². The third kappa shape index (κ3) is 10.5. The lowest BCUT2D eigenvalue weighted by Gasteiger charge is -2.36. The molecule has 0 amide bonds. The van der Waals surface area contributed by atoms with E-state index in [9.17, 15) is 14.4 Å². The van der Waals surface area contributed by atoms with Crippen LogP contribution in [0, 0.1) is 5.92 Å². The monoisotopic (exact) mass is 537 g/mol. The van der Waals surface area contributed by atoms with E-state index in [0.717, 1.165) is 31.5 Å². The Morgan fingerprint density at radius 2 is 1.50 bits per heavy atom. The van der Waals surface area contributed by atoms with Crippen molar-refractivity contribution in [2.75, 3.05) is 44.7 Å². The van der Waals surface area contributed by atoms with E-state index in [0.29, 0.717) is 6.04 Å². The molecule has 0 radical (unpaired) electrons. The zero-order valence-corrected chi connectivity index (χ0v) is 22.8. The van der Waals surface area contributed by atoms with Crippen molar-refractivity contribution in [3.8, 4) is 0 Å². The van der Waals surface area contributed by atoms with Crippen LogP contribution in [0.15, 0.2) is 12.4 Å². The molecule has 2 aliphatic heterocycles. The Bertz CT molecular complexity index is 882. The lowest BCUT2D eigenvalue weighted by atomic mass is 9.95. The third-order valence-corrected chi connectivity index (χ3v) is 7.02. The molecule has 4 N–H and O–H groups in total. The molecular formula is C26H43N5O7. The highest BCUT2D eigenvalue weighted by Gasteiger charge is 2.40. The minimum absolute atomic E-state index is 0.689. The molecule has 38 heavy (non-hydrogen) atoms. The molecule has 0 unspecified atom stereocenters. The Labute approximate surface area is 224 Å². The van der Waals surface area contributed by atoms with Gasteiger partial charge in [-0.1, -0.05) is 0 Å². The van der Waals surface area contributed by atoms with Crippen molar-refractivity contribution < 1.29 is 34.8 Å². The van der Waals surface area contributed by atoms with Gasteiger partial charge in [0.1, 0.15) is 0 Å². The van der Waals surface area contributed by atoms with E-state index in [4.69, 9.17) is 20.4 Å². The van der Waals surface area contributed by atoms with Gasteiger partial charge < -0.3 is 35.1 Å². The predicted molar refractivity (Wildman–Crippen MR) is 141 cm³/mol. The average molecular weight is 538 g/mol. The van der Waals surface area contributed by atoms with Crippen LogP contribution in [0.2, 0.25) is 0 Å². The summed E-state index contributed by atoms with van der Waals surface area (Å²) in [6.45, 7) is 11.5. The highest BCUT2D eigenvalue weighted by molar-refractivity contribution is 5.88. The van der Waals surface area contributed by atoms with Crippen molar-refractivity contribution in [3.63, 3.8) is 0 Å². The topological polar surface area (TPSA) is 168 Å². The maximum Gasteiger partial charge on any atom is 0.336 e. The normalized spacial score (nSPS) is 17.3. The molecule has 214 valence electrons. The molecule has 12 nitrogen and oxygen atoms in total. The zero-order chi connectivity index (χ0) is 28.3. The molecule has 0 atom stereocenters. The van der Waals surface area contributed by atoms with Crippen molar-refractivity contribution in [2.24, 2.45) is 5.92 Å². The Kier molecular flexibility index (Phi) is 12.3. The second-order valence-corrected chi connectivity index (χ2v) is 10.7. The number of carboxylic acids is 3. The van der Waals surface area contributed by atoms with Gasteiger partial charge in [0.05, 0.1) is 12.8 Å². The van der Waals surface area contributed by atoms with Crippen LogP contribution in [-0.2, 0) is 20.9 Å². The van der Waals surface area contributed by atoms with E-state index in [-0.39, 0.29) is 0 Å². The van der Waals surface area contributed by atoms with Gasteiger partial charge in [-0.25, -0.2) is 14.8 Å². The largest absolute Gasteiger partial charge is 0.481 e. The van der Waals surface area contributed by atoms with E-state index in [1.54, 1.807) is 0 Å². The number of rotatable bonds is 11. The van der Waals surface area contributed by atoms with Crippen molar-refractivity contribution in [1.82, 2.24) is 19.8 Å². The summed E-state index contributed by atoms with van der Waals surface area (Å²) < 4.78 is 0. The molecule has 3 rings (SSSR count). The summed E-state index contributed by atoms with van der Waals surface area (Å²) in [7, 11) is 2.23. The van der Waals surface area contributed by atoms with Crippen LogP contribution in [0.3, 0.4) is 0 Å². The van der Waals surface area contributed by atoms with Crippen LogP contribution in [0.1, 0.15) is 64.4 Å². The van der Waals surface area contributed by atoms with E-state index < -0.39 is 36.4 Å². The summed E-state index contributed by atoms with van der Waals surface area (Å²) in [6.07, 6.45) is 8.29. The van der Waals surface area contributed by atoms with E-state index in [1.165, 1.54) is 57.3 Å². The number of hydrogen-bond donors (Lipinski definition) is 4. The van der Waals surface area contributed by atoms with Gasteiger partial charge in [-0.2, -0.15) is 0 Å². The summed E-state index contributed by atoms with van der Waals surface area (Å²) >= 11 is 0. The maximum atomic E-state index is 10.3. The number of aromatic nitrogens is 2. The number of hydrogen-bond acceptors (Lipinski definition) is 9. The minimum atomic E-state index is -2.74. The van der Waals surface area contributed by atoms with Crippen LogP contribution in [0.5, 0.6) is 0 Å². The van der Waals surface area contributed by atoms with Crippen molar-refractivity contribution >= 4 is 23.9 Å². The number of nitrogens with zero attached hydrogens (tertiary/aromatic N) is 5. The molecule has 2 aliphatic rings. The van der Waals surface area contributed by atoms with Gasteiger partial charge in [-0.15, -0.1) is 0 Å². The Balaban J connectivity index is 0.000000332. The fourth-order valence-corrected chi connectivity index (χ4v) is 4.87. The highest BCUT2D eigenvalue weighted by atomic mass is 16.4. The summed E-state index contributed by atoms with van der Waals surface area (Å²) in [5.74, 6) is -3.28. The van der Waals surface area contributed by atoms with Crippen LogP contribution >= 0.6 is 0 Å². The lowest BCUT2D eigenvalue weighted by molar-refractivity contribution is -0.170. The summed E-state index contributed by atoms with van der Waals surface area (Å²) in [5.41, 5.74) is -1.51. The van der Waals surface area contributed by atoms with Gasteiger partial charge >= 0.3 is 17.9 Å². The standard InChI is InChI=1S/C20H35N5.C6H8O7/c1-17(2)24-11-7-18(8-12-24)15-23(3)16-19-13-21-20(22-14-19)25-9-5-4-6-10-25;7-3(8)1-6(13,5(11)12)2-4(9)10/h13-14,17-18H,4-12,15-16H2,1-3H3;13H,1-2H2,(H,7,8)(H,9,10)(H,11,12). The molecule has 0 aromatic carbocycles. The first-order chi connectivity index (χ1) is 17.9. The molecule has 0 saturated carbocycles. The van der Waals surface area contributed by atoms with Crippen molar-refractivity contribution in [1.29, 1.82) is 0 Å². The van der Waals surface area contributed by atoms with Gasteiger partial charge in [0.15, 0.2) is 5.60 Å². The molecule has 2 saturated heterocycles. The molecule has 0 spiro atoms. The van der Waals surface area contributed by atoms with E-state index in [1.807, 2.05) is 12.4 Å². The predicted octanol–water partition coefficient (Wildman–Crippen LogP) is 1.77. The first-order valence-corrected chi connectivity index (χ1v) is 13.3. The molecule has 0 bridgehead atoms. The number of anilines is 1. The summed E-state index contributed by atoms with van der Waals surface area (Å²) in [4.78, 5) is 47.1. The zero-order valence-electron chi connectivity index (χ0n) is 22.8. The molecular weight excluding hydrogens is 494 g/mol. The maximum absolute atomic E-state index is 10.3. The molecule has 1 aromatic heterocycles. The summed E-state index contributed by atoms with van der Waals surface area (Å²) in [6, 6.07) is 0.689. The van der Waals surface area contributed by atoms with Gasteiger partial charge in [0.25, 0.3) is 0 Å². The number of carboxylic acid groups (broad SMARTS) is 3. The van der Waals surface area contributed by atoms with Crippen molar-refractivity contribution in [2.45, 2.75) is 77.0 Å². The van der Waals surface area contributed by atoms with Crippen molar-refractivity contribution in [3.05, 3.63) is 18.0 Å². The Morgan fingerprint density at radius 1 is 0.974 bits per heavy atom. The van der Waals surface area contributed by atoms with Gasteiger partial charge in [-0.05, 0) is 72.0 Å². The van der Waals surface area contributed by atoms with Crippen LogP contribution in [0.4, 0.5) is 5.95 Å². The molecule has 12 heteroatoms. The molecule has 0 aliphatic carbocycles. The van der Waals surface area contributed by atoms with Crippen LogP contribution < -0.4 is 4.90 Å². The van der Waals surface area contributed by atoms with Gasteiger partial charge in [0, 0.05) is 50.2 Å². The number of aliphatic hydroxyl groups is 1. The quantitative estimate of drug-likeness (QED) is 0.323. The number of carbonyl (C=O) groups is 3. The van der Waals surface area contributed by atoms with E-state index >= 15 is 0 Å². The van der Waals surface area contributed by atoms with Gasteiger partial charge in [-0.3, -0.25) is 9.59 Å². The first-order valence-electron chi connectivity index (χ1n) is 13.3. The fraction of sp³-hybridized carbons (Fsp3) is 0.731. The fourth-order valence-electron chi connectivity index (χ4n) is 4.87. The van der Waals surface area contributed by atoms with Crippen LogP contribution in [0.25, 0.3) is 0 Å². The SMILES string of the molecule is CC(C)N1CCC(CN(C)Cc2cnc(N3CCCCC3)nc2)CC1.O=C(O)CC(O)(CC(=O)O)C(=O)O. The lowest BCUT2D eigenvalue weighted by Crippen LogP contribution is -2.42. The Hall–Kier alpha value is -2.83. The molecule has 2 fully saturated rings. The third-order valence-electron chi connectivity index (χ3n) is 7.02. The number of piperidine rings is 2. The minimum Gasteiger partial charge on any atom is -0.481 e. The smallest absolute Gasteiger partial charge is 0.336 e. The first kappa shape index (κ1) is 31.4. The second-order valence-electron chi connectivity index (χ2n) is 10.7. The highest BCUT2D eigenvalue weighted by Crippen LogP contribution is 2.21. The summed E-state index contributed by atoms with van der Waals surface area (Å²) in [5, 5.41) is 33.8. The second kappa shape index (κ2) is 14.9. The average Bonchev–Trinajstić information content (AvgIpc) is 2.84. The number of aliphatic carboxylic acids is 3. The Morgan fingerprint density at radius 3 is 1.95 bits per heavy atom. The van der Waals surface area contributed by atoms with Crippen LogP contribution in [-0.4, -0.2) is 110 Å². The molecule has 1 aromatic rings.